The number of nitrogens with one attached hydrogen (secondary N) is 1. The third kappa shape index (κ3) is 3.17. The summed E-state index contributed by atoms with van der Waals surface area (Å²) in [7, 11) is 0. The second-order valence-electron chi connectivity index (χ2n) is 2.58. The van der Waals surface area contributed by atoms with Gasteiger partial charge < -0.3 is 11.1 Å². The predicted molar refractivity (Wildman–Crippen MR) is 69.5 cm³/mol. The summed E-state index contributed by atoms with van der Waals surface area (Å²) in [4.78, 5) is 9.30. The van der Waals surface area contributed by atoms with Gasteiger partial charge in [0, 0.05) is 13.1 Å². The van der Waals surface area contributed by atoms with Crippen molar-refractivity contribution < 1.29 is 0 Å². The fraction of sp³-hybridized carbons (Fsp3) is 0.250. The Labute approximate surface area is 104 Å². The van der Waals surface area contributed by atoms with Crippen LogP contribution in [-0.2, 0) is 0 Å². The topological polar surface area (TPSA) is 63.8 Å². The highest BCUT2D eigenvalue weighted by atomic mass is 35.5. The third-order valence-electron chi connectivity index (χ3n) is 1.70. The van der Waals surface area contributed by atoms with Gasteiger partial charge in [-0.15, -0.1) is 36.2 Å². The number of halogens is 2. The van der Waals surface area contributed by atoms with Crippen molar-refractivity contribution in [1.29, 1.82) is 0 Å². The lowest BCUT2D eigenvalue weighted by molar-refractivity contribution is 1.01. The highest BCUT2D eigenvalue weighted by molar-refractivity contribution is 7.16. The first-order valence-electron chi connectivity index (χ1n) is 4.04. The van der Waals surface area contributed by atoms with Crippen LogP contribution in [0.25, 0.3) is 10.2 Å². The van der Waals surface area contributed by atoms with Crippen LogP contribution in [0.15, 0.2) is 17.8 Å². The number of thiophene rings is 1. The molecular formula is C8H12Cl2N4S. The fourth-order valence-corrected chi connectivity index (χ4v) is 1.85. The van der Waals surface area contributed by atoms with Crippen LogP contribution in [0.4, 0.5) is 5.82 Å². The SMILES string of the molecule is Cl.Cl.NCCNc1ncnc2sccc12. The quantitative estimate of drug-likeness (QED) is 0.891. The number of nitrogens with two attached hydrogens (primary N) is 1. The Morgan fingerprint density at radius 2 is 2.13 bits per heavy atom. The monoisotopic (exact) mass is 266 g/mol. The fourth-order valence-electron chi connectivity index (χ4n) is 1.12. The van der Waals surface area contributed by atoms with Gasteiger partial charge in [-0.25, -0.2) is 9.97 Å². The zero-order chi connectivity index (χ0) is 9.10. The summed E-state index contributed by atoms with van der Waals surface area (Å²) in [5, 5.41) is 6.23. The molecule has 0 bridgehead atoms. The number of hydrogen-bond donors (Lipinski definition) is 2. The van der Waals surface area contributed by atoms with Crippen LogP contribution < -0.4 is 11.1 Å². The first kappa shape index (κ1) is 14.4. The molecule has 84 valence electrons. The molecule has 0 atom stereocenters. The molecule has 15 heavy (non-hydrogen) atoms. The summed E-state index contributed by atoms with van der Waals surface area (Å²) in [6.07, 6.45) is 1.57. The molecule has 7 heteroatoms. The van der Waals surface area contributed by atoms with E-state index in [2.05, 4.69) is 15.3 Å². The molecule has 0 amide bonds. The van der Waals surface area contributed by atoms with E-state index < -0.39 is 0 Å². The Kier molecular flexibility index (Phi) is 6.51. The molecule has 0 radical (unpaired) electrons. The average molecular weight is 267 g/mol. The summed E-state index contributed by atoms with van der Waals surface area (Å²) in [6, 6.07) is 2.01. The van der Waals surface area contributed by atoms with Gasteiger partial charge in [0.25, 0.3) is 0 Å². The maximum Gasteiger partial charge on any atom is 0.138 e. The Morgan fingerprint density at radius 3 is 2.87 bits per heavy atom. The molecule has 0 spiro atoms. The van der Waals surface area contributed by atoms with Crippen molar-refractivity contribution >= 4 is 52.2 Å². The Bertz CT molecular complexity index is 406. The number of anilines is 1. The molecule has 0 saturated carbocycles. The average Bonchev–Trinajstić information content (AvgIpc) is 2.62. The van der Waals surface area contributed by atoms with Gasteiger partial charge in [-0.1, -0.05) is 0 Å². The molecule has 2 rings (SSSR count). The summed E-state index contributed by atoms with van der Waals surface area (Å²) in [6.45, 7) is 1.34. The summed E-state index contributed by atoms with van der Waals surface area (Å²) in [5.41, 5.74) is 5.39. The summed E-state index contributed by atoms with van der Waals surface area (Å²) < 4.78 is 0. The molecule has 0 aliphatic carbocycles. The largest absolute Gasteiger partial charge is 0.368 e. The lowest BCUT2D eigenvalue weighted by Crippen LogP contribution is -2.13. The van der Waals surface area contributed by atoms with E-state index in [0.29, 0.717) is 6.54 Å². The van der Waals surface area contributed by atoms with Crippen molar-refractivity contribution in [2.45, 2.75) is 0 Å². The van der Waals surface area contributed by atoms with Gasteiger partial charge in [-0.2, -0.15) is 0 Å². The van der Waals surface area contributed by atoms with E-state index >= 15 is 0 Å². The first-order valence-corrected chi connectivity index (χ1v) is 4.92. The van der Waals surface area contributed by atoms with Crippen LogP contribution in [0.5, 0.6) is 0 Å². The van der Waals surface area contributed by atoms with E-state index in [4.69, 9.17) is 5.73 Å². The van der Waals surface area contributed by atoms with Crippen LogP contribution in [0.2, 0.25) is 0 Å². The van der Waals surface area contributed by atoms with Crippen molar-refractivity contribution in [3.63, 3.8) is 0 Å². The zero-order valence-electron chi connectivity index (χ0n) is 7.84. The van der Waals surface area contributed by atoms with Gasteiger partial charge in [0.2, 0.25) is 0 Å². The Hall–Kier alpha value is -0.620. The van der Waals surface area contributed by atoms with Crippen molar-refractivity contribution in [2.75, 3.05) is 18.4 Å². The van der Waals surface area contributed by atoms with Gasteiger partial charge in [0.05, 0.1) is 5.39 Å². The molecule has 4 nitrogen and oxygen atoms in total. The second-order valence-corrected chi connectivity index (χ2v) is 3.47. The molecule has 2 aromatic heterocycles. The van der Waals surface area contributed by atoms with E-state index in [0.717, 1.165) is 22.6 Å². The van der Waals surface area contributed by atoms with Crippen LogP contribution in [0.3, 0.4) is 0 Å². The van der Waals surface area contributed by atoms with E-state index in [1.54, 1.807) is 17.7 Å². The highest BCUT2D eigenvalue weighted by Gasteiger charge is 2.02. The molecule has 0 unspecified atom stereocenters. The van der Waals surface area contributed by atoms with Crippen molar-refractivity contribution in [3.8, 4) is 0 Å². The summed E-state index contributed by atoms with van der Waals surface area (Å²) >= 11 is 1.61. The zero-order valence-corrected chi connectivity index (χ0v) is 10.3. The van der Waals surface area contributed by atoms with Crippen molar-refractivity contribution in [3.05, 3.63) is 17.8 Å². The van der Waals surface area contributed by atoms with Gasteiger partial charge in [0.1, 0.15) is 17.0 Å². The number of rotatable bonds is 3. The maximum absolute atomic E-state index is 5.39. The van der Waals surface area contributed by atoms with Crippen LogP contribution in [0.1, 0.15) is 0 Å². The van der Waals surface area contributed by atoms with E-state index in [-0.39, 0.29) is 24.8 Å². The van der Waals surface area contributed by atoms with Gasteiger partial charge in [-0.05, 0) is 11.4 Å². The predicted octanol–water partition coefficient (Wildman–Crippen LogP) is 1.91. The minimum atomic E-state index is 0. The minimum absolute atomic E-state index is 0. The number of aromatic nitrogens is 2. The first-order chi connectivity index (χ1) is 6.42. The van der Waals surface area contributed by atoms with E-state index in [9.17, 15) is 0 Å². The molecule has 0 aliphatic heterocycles. The van der Waals surface area contributed by atoms with Crippen molar-refractivity contribution in [2.24, 2.45) is 5.73 Å². The van der Waals surface area contributed by atoms with Gasteiger partial charge in [0.15, 0.2) is 0 Å². The molecule has 0 aromatic carbocycles. The normalized spacial score (nSPS) is 9.13. The molecule has 0 aliphatic rings. The standard InChI is InChI=1S/C8H10N4S.2ClH/c9-2-3-10-7-6-1-4-13-8(6)12-5-11-7;;/h1,4-5H,2-3,9H2,(H,10,11,12);2*1H. The minimum Gasteiger partial charge on any atom is -0.368 e. The molecule has 3 N–H and O–H groups in total. The van der Waals surface area contributed by atoms with E-state index in [1.807, 2.05) is 11.4 Å². The van der Waals surface area contributed by atoms with Gasteiger partial charge in [-0.3, -0.25) is 0 Å². The molecule has 2 aromatic rings. The maximum atomic E-state index is 5.39. The van der Waals surface area contributed by atoms with Gasteiger partial charge >= 0.3 is 0 Å². The van der Waals surface area contributed by atoms with Crippen LogP contribution >= 0.6 is 36.2 Å². The number of hydrogen-bond acceptors (Lipinski definition) is 5. The van der Waals surface area contributed by atoms with Crippen LogP contribution in [0, 0.1) is 0 Å². The molecule has 0 saturated heterocycles. The molecular weight excluding hydrogens is 255 g/mol. The summed E-state index contributed by atoms with van der Waals surface area (Å²) in [5.74, 6) is 0.872. The number of fused-ring (bicyclic) bond motifs is 1. The molecule has 2 heterocycles. The van der Waals surface area contributed by atoms with Crippen LogP contribution in [-0.4, -0.2) is 23.1 Å². The Balaban J connectivity index is 0.000000980. The Morgan fingerprint density at radius 1 is 1.33 bits per heavy atom. The lowest BCUT2D eigenvalue weighted by atomic mass is 10.4. The third-order valence-corrected chi connectivity index (χ3v) is 2.52. The molecule has 0 fully saturated rings. The smallest absolute Gasteiger partial charge is 0.138 e. The number of nitrogens with zero attached hydrogens (tertiary/aromatic N) is 2. The highest BCUT2D eigenvalue weighted by Crippen LogP contribution is 2.23. The second kappa shape index (κ2) is 6.79. The lowest BCUT2D eigenvalue weighted by Gasteiger charge is -2.03. The van der Waals surface area contributed by atoms with Crippen molar-refractivity contribution in [1.82, 2.24) is 9.97 Å². The van der Waals surface area contributed by atoms with E-state index in [1.165, 1.54) is 0 Å².